The van der Waals surface area contributed by atoms with Gasteiger partial charge in [-0.3, -0.25) is 54.4 Å². The van der Waals surface area contributed by atoms with E-state index in [1.54, 1.807) is 0 Å². The van der Waals surface area contributed by atoms with E-state index in [9.17, 15) is 25.0 Å². The summed E-state index contributed by atoms with van der Waals surface area (Å²) in [7, 11) is 0. The van der Waals surface area contributed by atoms with Gasteiger partial charge in [-0.2, -0.15) is 0 Å². The molecule has 164 valence electrons. The maximum atomic E-state index is 13.8. The van der Waals surface area contributed by atoms with Crippen molar-refractivity contribution in [3.63, 3.8) is 0 Å². The molecule has 0 aliphatic carbocycles. The molecule has 8 rings (SSSR count). The van der Waals surface area contributed by atoms with E-state index in [1.807, 2.05) is 19.6 Å². The van der Waals surface area contributed by atoms with Gasteiger partial charge in [0.05, 0.1) is 78.0 Å². The molecule has 13 heteroatoms. The molecule has 13 nitrogen and oxygen atoms in total. The van der Waals surface area contributed by atoms with Crippen LogP contribution in [0.25, 0.3) is 0 Å². The minimum atomic E-state index is -1.04. The van der Waals surface area contributed by atoms with Crippen LogP contribution in [0.15, 0.2) is 0 Å². The molecule has 0 saturated carbocycles. The number of carbonyl (C=O) groups is 1. The van der Waals surface area contributed by atoms with E-state index in [-0.39, 0.29) is 28.7 Å². The summed E-state index contributed by atoms with van der Waals surface area (Å²) in [4.78, 5) is 49.4. The van der Waals surface area contributed by atoms with Crippen molar-refractivity contribution in [2.24, 2.45) is 0 Å². The molecular weight excluding hydrogens is 396 g/mol. The summed E-state index contributed by atoms with van der Waals surface area (Å²) < 4.78 is 0. The van der Waals surface area contributed by atoms with Crippen LogP contribution < -0.4 is 0 Å². The minimum absolute atomic E-state index is 0.0517. The number of carbonyl (C=O) groups excluding carboxylic acids is 1. The van der Waals surface area contributed by atoms with E-state index in [0.717, 1.165) is 0 Å². The Labute approximate surface area is 173 Å². The minimum Gasteiger partial charge on any atom is -0.296 e. The Morgan fingerprint density at radius 2 is 1.07 bits per heavy atom. The van der Waals surface area contributed by atoms with E-state index < -0.39 is 23.2 Å². The Bertz CT molecular complexity index is 764. The van der Waals surface area contributed by atoms with E-state index >= 15 is 0 Å². The van der Waals surface area contributed by atoms with Gasteiger partial charge in [-0.15, -0.1) is 0 Å². The van der Waals surface area contributed by atoms with Gasteiger partial charge in [0.2, 0.25) is 0 Å². The number of ketones is 1. The number of rotatable bonds is 4. The van der Waals surface area contributed by atoms with Gasteiger partial charge in [0, 0.05) is 22.9 Å². The number of Topliss-reactive ketones (excluding diaryl/α,β-unsaturated/α-hetero) is 1. The zero-order valence-corrected chi connectivity index (χ0v) is 16.8. The summed E-state index contributed by atoms with van der Waals surface area (Å²) in [5, 5.41) is 23.8. The van der Waals surface area contributed by atoms with Crippen LogP contribution in [0, 0.1) is 20.2 Å². The lowest BCUT2D eigenvalue weighted by atomic mass is 9.94. The van der Waals surface area contributed by atoms with Crippen LogP contribution in [0.3, 0.4) is 0 Å². The van der Waals surface area contributed by atoms with Crippen molar-refractivity contribution in [1.29, 1.82) is 0 Å². The molecule has 8 saturated heterocycles. The SMILES string of the molecule is O=C(C1CN2CN3CN1CC([N+](=O)[O-])(C2)C3)C1CN2CN3CN1CC([N+](=O)[O-])(C2)C3. The molecule has 0 aromatic heterocycles. The molecule has 0 N–H and O–H groups in total. The molecule has 8 aliphatic heterocycles. The maximum absolute atomic E-state index is 13.8. The van der Waals surface area contributed by atoms with Gasteiger partial charge in [0.15, 0.2) is 5.78 Å². The summed E-state index contributed by atoms with van der Waals surface area (Å²) in [6.45, 7) is 5.55. The Kier molecular flexibility index (Phi) is 3.88. The molecule has 8 bridgehead atoms. The second-order valence-electron chi connectivity index (χ2n) is 10.1. The van der Waals surface area contributed by atoms with Gasteiger partial charge in [-0.25, -0.2) is 0 Å². The fourth-order valence-corrected chi connectivity index (χ4v) is 6.78. The molecule has 30 heavy (non-hydrogen) atoms. The van der Waals surface area contributed by atoms with Crippen LogP contribution in [0.4, 0.5) is 0 Å². The van der Waals surface area contributed by atoms with Crippen LogP contribution in [0.1, 0.15) is 0 Å². The highest BCUT2D eigenvalue weighted by molar-refractivity contribution is 5.90. The molecule has 0 spiro atoms. The topological polar surface area (TPSA) is 123 Å². The van der Waals surface area contributed by atoms with E-state index in [0.29, 0.717) is 65.9 Å². The van der Waals surface area contributed by atoms with Crippen molar-refractivity contribution in [2.75, 3.05) is 79.0 Å². The second kappa shape index (κ2) is 6.14. The highest BCUT2D eigenvalue weighted by atomic mass is 16.6. The Morgan fingerprint density at radius 1 is 0.667 bits per heavy atom. The van der Waals surface area contributed by atoms with Crippen molar-refractivity contribution >= 4 is 5.78 Å². The van der Waals surface area contributed by atoms with Gasteiger partial charge < -0.3 is 0 Å². The van der Waals surface area contributed by atoms with E-state index in [4.69, 9.17) is 0 Å². The molecule has 10 atom stereocenters. The zero-order chi connectivity index (χ0) is 20.8. The van der Waals surface area contributed by atoms with Crippen LogP contribution in [-0.4, -0.2) is 147 Å². The average Bonchev–Trinajstić information content (AvgIpc) is 2.99. The van der Waals surface area contributed by atoms with Gasteiger partial charge >= 0.3 is 0 Å². The van der Waals surface area contributed by atoms with Gasteiger partial charge in [-0.1, -0.05) is 0 Å². The predicted molar refractivity (Wildman–Crippen MR) is 101 cm³/mol. The Morgan fingerprint density at radius 3 is 1.47 bits per heavy atom. The Hall–Kier alpha value is -1.77. The first-order chi connectivity index (χ1) is 14.3. The standard InChI is InChI=1S/C17H26N8O5/c26-15(13-1-18-3-16(24(27)28)5-20(9-18)11-22(13)7-16)14-2-19-4-17(25(29)30)6-21(10-19)12-23(14)8-17/h13-14H,1-12H2. The van der Waals surface area contributed by atoms with Gasteiger partial charge in [0.25, 0.3) is 11.1 Å². The summed E-state index contributed by atoms with van der Waals surface area (Å²) in [6, 6.07) is -0.832. The van der Waals surface area contributed by atoms with Crippen molar-refractivity contribution in [3.8, 4) is 0 Å². The van der Waals surface area contributed by atoms with Crippen LogP contribution in [0.2, 0.25) is 0 Å². The molecule has 8 heterocycles. The van der Waals surface area contributed by atoms with Crippen molar-refractivity contribution in [2.45, 2.75) is 23.2 Å². The largest absolute Gasteiger partial charge is 0.296 e. The normalized spacial score (nSPS) is 53.3. The predicted octanol–water partition coefficient (Wildman–Crippen LogP) is -2.95. The summed E-state index contributed by atoms with van der Waals surface area (Å²) in [6.07, 6.45) is 0. The van der Waals surface area contributed by atoms with Crippen molar-refractivity contribution in [3.05, 3.63) is 20.2 Å². The fourth-order valence-electron chi connectivity index (χ4n) is 6.78. The third kappa shape index (κ3) is 2.59. The van der Waals surface area contributed by atoms with Gasteiger partial charge in [0.1, 0.15) is 0 Å². The number of hydrogen-bond acceptors (Lipinski definition) is 11. The Balaban J connectivity index is 1.29. The fraction of sp³-hybridized carbons (Fsp3) is 0.941. The zero-order valence-electron chi connectivity index (χ0n) is 16.8. The third-order valence-corrected chi connectivity index (χ3v) is 7.81. The van der Waals surface area contributed by atoms with Crippen molar-refractivity contribution < 1.29 is 14.6 Å². The quantitative estimate of drug-likeness (QED) is 0.341. The monoisotopic (exact) mass is 422 g/mol. The first kappa shape index (κ1) is 19.0. The lowest BCUT2D eigenvalue weighted by Crippen LogP contribution is -2.70. The lowest BCUT2D eigenvalue weighted by Gasteiger charge is -2.46. The highest BCUT2D eigenvalue weighted by Gasteiger charge is 2.61. The molecule has 0 radical (unpaired) electrons. The number of fused-ring (bicyclic) bond motifs is 2. The number of nitro groups is 2. The smallest absolute Gasteiger partial charge is 0.259 e. The van der Waals surface area contributed by atoms with Crippen LogP contribution in [0.5, 0.6) is 0 Å². The first-order valence-corrected chi connectivity index (χ1v) is 10.5. The first-order valence-electron chi connectivity index (χ1n) is 10.5. The highest BCUT2D eigenvalue weighted by Crippen LogP contribution is 2.35. The molecule has 8 fully saturated rings. The third-order valence-electron chi connectivity index (χ3n) is 7.81. The van der Waals surface area contributed by atoms with Crippen molar-refractivity contribution in [1.82, 2.24) is 29.4 Å². The maximum Gasteiger partial charge on any atom is 0.259 e. The van der Waals surface area contributed by atoms with Crippen LogP contribution >= 0.6 is 0 Å². The molecule has 10 unspecified atom stereocenters. The summed E-state index contributed by atoms with van der Waals surface area (Å²) in [5.74, 6) is 0.0517. The summed E-state index contributed by atoms with van der Waals surface area (Å²) in [5.41, 5.74) is -2.09. The lowest BCUT2D eigenvalue weighted by molar-refractivity contribution is -0.579. The summed E-state index contributed by atoms with van der Waals surface area (Å²) >= 11 is 0. The van der Waals surface area contributed by atoms with E-state index in [2.05, 4.69) is 9.80 Å². The molecule has 8 aliphatic rings. The van der Waals surface area contributed by atoms with E-state index in [1.165, 1.54) is 0 Å². The molecule has 0 aromatic carbocycles. The second-order valence-corrected chi connectivity index (χ2v) is 10.1. The number of hydrogen-bond donors (Lipinski definition) is 0. The molecular formula is C17H26N8O5. The van der Waals surface area contributed by atoms with Gasteiger partial charge in [-0.05, 0) is 0 Å². The average molecular weight is 422 g/mol. The van der Waals surface area contributed by atoms with Crippen LogP contribution in [-0.2, 0) is 4.79 Å². The number of nitrogens with zero attached hydrogens (tertiary/aromatic N) is 8. The molecule has 0 amide bonds. The molecule has 0 aromatic rings.